The van der Waals surface area contributed by atoms with Crippen molar-refractivity contribution in [3.8, 4) is 11.5 Å². The second-order valence-electron chi connectivity index (χ2n) is 6.61. The Morgan fingerprint density at radius 1 is 1.32 bits per heavy atom. The van der Waals surface area contributed by atoms with Crippen LogP contribution in [0.4, 0.5) is 22.4 Å². The van der Waals surface area contributed by atoms with Crippen LogP contribution in [0.2, 0.25) is 0 Å². The van der Waals surface area contributed by atoms with Gasteiger partial charge in [0.2, 0.25) is 0 Å². The number of alkyl carbamates (subject to hydrolysis) is 1. The highest BCUT2D eigenvalue weighted by atomic mass is 19.4. The number of carbonyl (C=O) groups excluding carboxylic acids is 1. The van der Waals surface area contributed by atoms with E-state index in [1.165, 1.54) is 0 Å². The summed E-state index contributed by atoms with van der Waals surface area (Å²) in [6, 6.07) is 2.73. The molecule has 172 valence electrons. The van der Waals surface area contributed by atoms with E-state index in [1.807, 2.05) is 19.1 Å². The zero-order chi connectivity index (χ0) is 23.4. The van der Waals surface area contributed by atoms with Gasteiger partial charge < -0.3 is 14.2 Å². The molecule has 0 bridgehead atoms. The van der Waals surface area contributed by atoms with Gasteiger partial charge in [0, 0.05) is 11.8 Å². The lowest BCUT2D eigenvalue weighted by molar-refractivity contribution is -0.275. The molecule has 0 fully saturated rings. The zero-order valence-corrected chi connectivity index (χ0v) is 17.7. The van der Waals surface area contributed by atoms with Crippen molar-refractivity contribution in [1.82, 2.24) is 5.32 Å². The van der Waals surface area contributed by atoms with Gasteiger partial charge in [0.15, 0.2) is 11.6 Å². The highest BCUT2D eigenvalue weighted by Gasteiger charge is 2.32. The molecule has 2 unspecified atom stereocenters. The van der Waals surface area contributed by atoms with E-state index in [1.54, 1.807) is 26.0 Å². The molecule has 1 amide bonds. The van der Waals surface area contributed by atoms with Crippen molar-refractivity contribution >= 4 is 6.09 Å². The molecular weight excluding hydrogens is 418 g/mol. The quantitative estimate of drug-likeness (QED) is 0.247. The van der Waals surface area contributed by atoms with Gasteiger partial charge in [-0.2, -0.15) is 0 Å². The van der Waals surface area contributed by atoms with Crippen LogP contribution in [0, 0.1) is 11.7 Å². The number of benzene rings is 1. The van der Waals surface area contributed by atoms with Crippen molar-refractivity contribution in [2.75, 3.05) is 6.61 Å². The maximum Gasteiger partial charge on any atom is 0.573 e. The third-order valence-corrected chi connectivity index (χ3v) is 4.06. The smallest absolute Gasteiger partial charge is 0.490 e. The molecule has 0 saturated heterocycles. The van der Waals surface area contributed by atoms with E-state index in [4.69, 9.17) is 9.47 Å². The van der Waals surface area contributed by atoms with E-state index >= 15 is 0 Å². The maximum atomic E-state index is 13.5. The minimum Gasteiger partial charge on any atom is -0.490 e. The molecule has 0 saturated carbocycles. The summed E-state index contributed by atoms with van der Waals surface area (Å²) >= 11 is 0. The molecule has 0 aliphatic carbocycles. The lowest BCUT2D eigenvalue weighted by Gasteiger charge is -2.18. The number of halogens is 4. The van der Waals surface area contributed by atoms with Gasteiger partial charge in [-0.05, 0) is 43.9 Å². The number of alkyl halides is 3. The Morgan fingerprint density at radius 2 is 2.03 bits per heavy atom. The van der Waals surface area contributed by atoms with Crippen LogP contribution in [-0.2, 0) is 4.74 Å². The molecule has 0 aliphatic rings. The molecule has 1 N–H and O–H groups in total. The number of ether oxygens (including phenoxy) is 3. The van der Waals surface area contributed by atoms with Crippen LogP contribution in [0.3, 0.4) is 0 Å². The molecule has 0 aliphatic heterocycles. The Labute approximate surface area is 179 Å². The van der Waals surface area contributed by atoms with E-state index < -0.39 is 30.1 Å². The SMILES string of the molecule is C=CC(C)C/C=C\C(=C/C)NC(=O)OC(CC)COc1ccc(F)c(OC(F)(F)F)c1. The monoisotopic (exact) mass is 445 g/mol. The minimum absolute atomic E-state index is 0.0588. The number of rotatable bonds is 11. The minimum atomic E-state index is -5.03. The summed E-state index contributed by atoms with van der Waals surface area (Å²) in [5, 5.41) is 2.60. The lowest BCUT2D eigenvalue weighted by Crippen LogP contribution is -2.31. The molecule has 1 rings (SSSR count). The predicted octanol–water partition coefficient (Wildman–Crippen LogP) is 6.28. The van der Waals surface area contributed by atoms with E-state index in [-0.39, 0.29) is 12.4 Å². The first-order chi connectivity index (χ1) is 14.6. The van der Waals surface area contributed by atoms with Crippen molar-refractivity contribution in [3.63, 3.8) is 0 Å². The third-order valence-electron chi connectivity index (χ3n) is 4.06. The second kappa shape index (κ2) is 12.7. The lowest BCUT2D eigenvalue weighted by atomic mass is 10.1. The highest BCUT2D eigenvalue weighted by Crippen LogP contribution is 2.29. The molecule has 0 heterocycles. The molecule has 0 radical (unpaired) electrons. The first-order valence-corrected chi connectivity index (χ1v) is 9.69. The van der Waals surface area contributed by atoms with Crippen molar-refractivity contribution < 1.29 is 36.6 Å². The maximum absolute atomic E-state index is 13.5. The first kappa shape index (κ1) is 26.1. The Kier molecular flexibility index (Phi) is 10.6. The molecular formula is C22H27F4NO4. The van der Waals surface area contributed by atoms with Crippen LogP contribution in [0.5, 0.6) is 11.5 Å². The van der Waals surface area contributed by atoms with E-state index in [0.29, 0.717) is 18.0 Å². The van der Waals surface area contributed by atoms with E-state index in [9.17, 15) is 22.4 Å². The van der Waals surface area contributed by atoms with Crippen LogP contribution in [0.25, 0.3) is 0 Å². The second-order valence-corrected chi connectivity index (χ2v) is 6.61. The highest BCUT2D eigenvalue weighted by molar-refractivity contribution is 5.70. The van der Waals surface area contributed by atoms with Gasteiger partial charge >= 0.3 is 12.5 Å². The van der Waals surface area contributed by atoms with Gasteiger partial charge in [0.1, 0.15) is 18.5 Å². The van der Waals surface area contributed by atoms with Crippen LogP contribution >= 0.6 is 0 Å². The van der Waals surface area contributed by atoms with Crippen molar-refractivity contribution in [3.05, 3.63) is 60.6 Å². The molecule has 0 spiro atoms. The first-order valence-electron chi connectivity index (χ1n) is 9.69. The molecule has 2 atom stereocenters. The number of hydrogen-bond donors (Lipinski definition) is 1. The average molecular weight is 445 g/mol. The zero-order valence-electron chi connectivity index (χ0n) is 17.7. The summed E-state index contributed by atoms with van der Waals surface area (Å²) in [7, 11) is 0. The van der Waals surface area contributed by atoms with Gasteiger partial charge in [-0.1, -0.05) is 32.1 Å². The van der Waals surface area contributed by atoms with Crippen molar-refractivity contribution in [1.29, 1.82) is 0 Å². The van der Waals surface area contributed by atoms with Gasteiger partial charge in [-0.25, -0.2) is 9.18 Å². The molecule has 1 aromatic carbocycles. The van der Waals surface area contributed by atoms with Gasteiger partial charge in [0.05, 0.1) is 0 Å². The Morgan fingerprint density at radius 3 is 2.61 bits per heavy atom. The largest absolute Gasteiger partial charge is 0.573 e. The van der Waals surface area contributed by atoms with Crippen molar-refractivity contribution in [2.24, 2.45) is 5.92 Å². The molecule has 1 aromatic rings. The molecule has 9 heteroatoms. The fraction of sp³-hybridized carbons (Fsp3) is 0.409. The third kappa shape index (κ3) is 10.6. The summed E-state index contributed by atoms with van der Waals surface area (Å²) in [5.74, 6) is -1.94. The van der Waals surface area contributed by atoms with Crippen LogP contribution in [0.15, 0.2) is 54.8 Å². The number of nitrogens with one attached hydrogen (secondary N) is 1. The summed E-state index contributed by atoms with van der Waals surface area (Å²) in [6.45, 7) is 9.08. The van der Waals surface area contributed by atoms with Gasteiger partial charge in [-0.3, -0.25) is 5.32 Å². The topological polar surface area (TPSA) is 56.8 Å². The molecule has 0 aromatic heterocycles. The average Bonchev–Trinajstić information content (AvgIpc) is 2.71. The van der Waals surface area contributed by atoms with Crippen molar-refractivity contribution in [2.45, 2.75) is 46.1 Å². The number of hydrogen-bond acceptors (Lipinski definition) is 4. The van der Waals surface area contributed by atoms with Crippen LogP contribution in [-0.4, -0.2) is 25.2 Å². The normalized spacial score (nSPS) is 14.1. The number of carbonyl (C=O) groups is 1. The Hall–Kier alpha value is -2.97. The fourth-order valence-electron chi connectivity index (χ4n) is 2.22. The Bertz CT molecular complexity index is 790. The van der Waals surface area contributed by atoms with Gasteiger partial charge in [-0.15, -0.1) is 19.8 Å². The summed E-state index contributed by atoms with van der Waals surface area (Å²) in [5.41, 5.74) is 0.546. The summed E-state index contributed by atoms with van der Waals surface area (Å²) in [6.07, 6.45) is 1.91. The standard InChI is InChI=1S/C22H27F4NO4/c1-5-15(4)9-8-10-16(6-2)27-21(28)30-17(7-3)14-29-18-11-12-19(23)20(13-18)31-22(24,25)26/h5-6,8,10-13,15,17H,1,7,9,14H2,2-4H3,(H,27,28)/b10-8-,16-6+. The van der Waals surface area contributed by atoms with Gasteiger partial charge in [0.25, 0.3) is 0 Å². The van der Waals surface area contributed by atoms with Crippen LogP contribution < -0.4 is 14.8 Å². The van der Waals surface area contributed by atoms with E-state index in [0.717, 1.165) is 24.6 Å². The summed E-state index contributed by atoms with van der Waals surface area (Å²) in [4.78, 5) is 12.1. The molecule has 31 heavy (non-hydrogen) atoms. The Balaban J connectivity index is 2.62. The molecule has 5 nitrogen and oxygen atoms in total. The summed E-state index contributed by atoms with van der Waals surface area (Å²) < 4.78 is 64.7. The fourth-order valence-corrected chi connectivity index (χ4v) is 2.22. The number of amides is 1. The van der Waals surface area contributed by atoms with E-state index in [2.05, 4.69) is 16.6 Å². The van der Waals surface area contributed by atoms with Crippen LogP contribution in [0.1, 0.15) is 33.6 Å². The predicted molar refractivity (Wildman–Crippen MR) is 109 cm³/mol. The number of allylic oxidation sites excluding steroid dienone is 4.